The van der Waals surface area contributed by atoms with E-state index in [1.807, 2.05) is 0 Å². The minimum atomic E-state index is -4.51. The zero-order valence-corrected chi connectivity index (χ0v) is 7.15. The molecule has 0 aliphatic carbocycles. The molecule has 0 aliphatic heterocycles. The van der Waals surface area contributed by atoms with Gasteiger partial charge in [-0.25, -0.2) is 9.50 Å². The Morgan fingerprint density at radius 2 is 2.13 bits per heavy atom. The van der Waals surface area contributed by atoms with Crippen molar-refractivity contribution in [2.24, 2.45) is 0 Å². The molecule has 2 rings (SSSR count). The zero-order chi connectivity index (χ0) is 11.1. The van der Waals surface area contributed by atoms with E-state index < -0.39 is 11.9 Å². The van der Waals surface area contributed by atoms with E-state index in [1.54, 1.807) is 6.07 Å². The largest absolute Gasteiger partial charge is 0.433 e. The first kappa shape index (κ1) is 9.45. The molecule has 0 radical (unpaired) electrons. The van der Waals surface area contributed by atoms with E-state index in [2.05, 4.69) is 10.1 Å². The quantitative estimate of drug-likeness (QED) is 0.666. The predicted molar refractivity (Wildman–Crippen MR) is 42.7 cm³/mol. The fraction of sp³-hybridized carbons (Fsp3) is 0.125. The molecule has 0 aliphatic rings. The van der Waals surface area contributed by atoms with Gasteiger partial charge in [0.2, 0.25) is 0 Å². The third-order valence-corrected chi connectivity index (χ3v) is 1.81. The lowest BCUT2D eigenvalue weighted by atomic mass is 10.3. The van der Waals surface area contributed by atoms with E-state index in [0.717, 1.165) is 18.5 Å². The highest BCUT2D eigenvalue weighted by atomic mass is 19.4. The van der Waals surface area contributed by atoms with Gasteiger partial charge in [0, 0.05) is 6.20 Å². The monoisotopic (exact) mass is 212 g/mol. The molecule has 0 amide bonds. The summed E-state index contributed by atoms with van der Waals surface area (Å²) in [5.41, 5.74) is -1.03. The van der Waals surface area contributed by atoms with Crippen molar-refractivity contribution in [2.75, 3.05) is 0 Å². The van der Waals surface area contributed by atoms with Crippen LogP contribution in [0.25, 0.3) is 5.65 Å². The van der Waals surface area contributed by atoms with E-state index in [1.165, 1.54) is 0 Å². The van der Waals surface area contributed by atoms with Crippen molar-refractivity contribution in [1.82, 2.24) is 14.6 Å². The van der Waals surface area contributed by atoms with Gasteiger partial charge < -0.3 is 0 Å². The van der Waals surface area contributed by atoms with Crippen LogP contribution in [-0.4, -0.2) is 14.6 Å². The van der Waals surface area contributed by atoms with Crippen LogP contribution in [0.2, 0.25) is 0 Å². The second-order valence-corrected chi connectivity index (χ2v) is 2.73. The fourth-order valence-electron chi connectivity index (χ4n) is 1.19. The molecule has 0 unspecified atom stereocenters. The maximum absolute atomic E-state index is 12.5. The van der Waals surface area contributed by atoms with Crippen LogP contribution in [0.4, 0.5) is 13.2 Å². The second-order valence-electron chi connectivity index (χ2n) is 2.73. The molecule has 4 nitrogen and oxygen atoms in total. The first-order chi connectivity index (χ1) is 7.04. The van der Waals surface area contributed by atoms with Gasteiger partial charge in [-0.2, -0.15) is 23.5 Å². The van der Waals surface area contributed by atoms with E-state index in [9.17, 15) is 13.2 Å². The Morgan fingerprint density at radius 3 is 2.73 bits per heavy atom. The summed E-state index contributed by atoms with van der Waals surface area (Å²) in [5.74, 6) is 0. The Balaban J connectivity index is 2.80. The highest BCUT2D eigenvalue weighted by Gasteiger charge is 2.34. The summed E-state index contributed by atoms with van der Waals surface area (Å²) in [4.78, 5) is 3.66. The van der Waals surface area contributed by atoms with Crippen molar-refractivity contribution in [2.45, 2.75) is 6.18 Å². The van der Waals surface area contributed by atoms with Crippen LogP contribution in [0.5, 0.6) is 0 Å². The average Bonchev–Trinajstić information content (AvgIpc) is 2.58. The molecule has 2 aromatic rings. The summed E-state index contributed by atoms with van der Waals surface area (Å²) in [6.45, 7) is 0. The number of hydrogen-bond acceptors (Lipinski definition) is 3. The van der Waals surface area contributed by atoms with Gasteiger partial charge in [-0.1, -0.05) is 0 Å². The highest BCUT2D eigenvalue weighted by molar-refractivity contribution is 5.54. The molecule has 0 atom stereocenters. The summed E-state index contributed by atoms with van der Waals surface area (Å²) < 4.78 is 38.0. The molecule has 0 saturated heterocycles. The minimum absolute atomic E-state index is 0.0149. The molecule has 0 aromatic carbocycles. The number of fused-ring (bicyclic) bond motifs is 1. The minimum Gasteiger partial charge on any atom is -0.236 e. The Labute approximate surface area is 81.6 Å². The van der Waals surface area contributed by atoms with Gasteiger partial charge in [0.1, 0.15) is 17.3 Å². The summed E-state index contributed by atoms with van der Waals surface area (Å²) in [6.07, 6.45) is -2.46. The van der Waals surface area contributed by atoms with Crippen molar-refractivity contribution in [1.29, 1.82) is 5.26 Å². The Morgan fingerprint density at radius 1 is 1.40 bits per heavy atom. The molecule has 7 heteroatoms. The van der Waals surface area contributed by atoms with Crippen molar-refractivity contribution >= 4 is 5.65 Å². The van der Waals surface area contributed by atoms with Gasteiger partial charge >= 0.3 is 6.18 Å². The number of nitrogens with zero attached hydrogens (tertiary/aromatic N) is 4. The van der Waals surface area contributed by atoms with Gasteiger partial charge in [0.15, 0.2) is 5.65 Å². The highest BCUT2D eigenvalue weighted by Crippen LogP contribution is 2.29. The second kappa shape index (κ2) is 2.95. The van der Waals surface area contributed by atoms with Crippen LogP contribution >= 0.6 is 0 Å². The third kappa shape index (κ3) is 1.40. The summed E-state index contributed by atoms with van der Waals surface area (Å²) in [6, 6.07) is 2.52. The normalized spacial score (nSPS) is 11.6. The van der Waals surface area contributed by atoms with Crippen LogP contribution < -0.4 is 0 Å². The first-order valence-corrected chi connectivity index (χ1v) is 3.84. The zero-order valence-electron chi connectivity index (χ0n) is 7.15. The summed E-state index contributed by atoms with van der Waals surface area (Å²) in [5, 5.41) is 12.1. The number of hydrogen-bond donors (Lipinski definition) is 0. The molecule has 0 N–H and O–H groups in total. The van der Waals surface area contributed by atoms with Gasteiger partial charge in [-0.3, -0.25) is 0 Å². The van der Waals surface area contributed by atoms with Crippen molar-refractivity contribution in [3.63, 3.8) is 0 Å². The van der Waals surface area contributed by atoms with Crippen LogP contribution in [0.3, 0.4) is 0 Å². The lowest BCUT2D eigenvalue weighted by molar-refractivity contribution is -0.142. The van der Waals surface area contributed by atoms with Crippen LogP contribution in [0, 0.1) is 11.3 Å². The van der Waals surface area contributed by atoms with Gasteiger partial charge in [-0.15, -0.1) is 0 Å². The van der Waals surface area contributed by atoms with E-state index in [-0.39, 0.29) is 11.2 Å². The third-order valence-electron chi connectivity index (χ3n) is 1.81. The number of nitriles is 1. The fourth-order valence-corrected chi connectivity index (χ4v) is 1.19. The number of alkyl halides is 3. The Bertz CT molecular complexity index is 549. The summed E-state index contributed by atoms with van der Waals surface area (Å²) in [7, 11) is 0. The molecule has 2 aromatic heterocycles. The van der Waals surface area contributed by atoms with Gasteiger partial charge in [0.25, 0.3) is 0 Å². The van der Waals surface area contributed by atoms with Crippen LogP contribution in [-0.2, 0) is 6.18 Å². The molecule has 2 heterocycles. The molecule has 15 heavy (non-hydrogen) atoms. The molecular weight excluding hydrogens is 209 g/mol. The number of aromatic nitrogens is 3. The standard InChI is InChI=1S/C8H3F3N4/c9-8(10,11)6-1-2-13-7-5(3-12)4-14-15(6)7/h1-2,4H. The van der Waals surface area contributed by atoms with Crippen LogP contribution in [0.1, 0.15) is 11.3 Å². The summed E-state index contributed by atoms with van der Waals surface area (Å²) >= 11 is 0. The Kier molecular flexibility index (Phi) is 1.86. The average molecular weight is 212 g/mol. The molecule has 0 saturated carbocycles. The lowest BCUT2D eigenvalue weighted by Gasteiger charge is -2.07. The van der Waals surface area contributed by atoms with Crippen molar-refractivity contribution in [3.05, 3.63) is 29.7 Å². The topological polar surface area (TPSA) is 54.0 Å². The number of halogens is 3. The lowest BCUT2D eigenvalue weighted by Crippen LogP contribution is -2.12. The molecule has 0 bridgehead atoms. The maximum atomic E-state index is 12.5. The number of rotatable bonds is 0. The van der Waals surface area contributed by atoms with Crippen molar-refractivity contribution < 1.29 is 13.2 Å². The van der Waals surface area contributed by atoms with Crippen molar-refractivity contribution in [3.8, 4) is 6.07 Å². The molecule has 0 spiro atoms. The predicted octanol–water partition coefficient (Wildman–Crippen LogP) is 1.62. The van der Waals surface area contributed by atoms with E-state index >= 15 is 0 Å². The molecule has 0 fully saturated rings. The first-order valence-electron chi connectivity index (χ1n) is 3.84. The van der Waals surface area contributed by atoms with E-state index in [0.29, 0.717) is 4.52 Å². The van der Waals surface area contributed by atoms with E-state index in [4.69, 9.17) is 5.26 Å². The van der Waals surface area contributed by atoms with Gasteiger partial charge in [-0.05, 0) is 6.07 Å². The molecule has 76 valence electrons. The molecular formula is C8H3F3N4. The van der Waals surface area contributed by atoms with Gasteiger partial charge in [0.05, 0.1) is 6.20 Å². The maximum Gasteiger partial charge on any atom is 0.433 e. The smallest absolute Gasteiger partial charge is 0.236 e. The SMILES string of the molecule is N#Cc1cnn2c(C(F)(F)F)ccnc12. The Hall–Kier alpha value is -2.10. The van der Waals surface area contributed by atoms with Crippen LogP contribution in [0.15, 0.2) is 18.5 Å².